The third kappa shape index (κ3) is 4.66. The normalized spacial score (nSPS) is 14.2. The highest BCUT2D eigenvalue weighted by molar-refractivity contribution is 5.33. The van der Waals surface area contributed by atoms with Gasteiger partial charge in [0, 0.05) is 13.1 Å². The zero-order chi connectivity index (χ0) is 15.9. The Hall–Kier alpha value is -1.17. The second-order valence-corrected chi connectivity index (χ2v) is 5.29. The summed E-state index contributed by atoms with van der Waals surface area (Å²) >= 11 is 0. The van der Waals surface area contributed by atoms with Gasteiger partial charge in [0.1, 0.15) is 0 Å². The number of aliphatic hydroxyl groups excluding tert-OH is 1. The van der Waals surface area contributed by atoms with E-state index in [1.165, 1.54) is 13.2 Å². The van der Waals surface area contributed by atoms with Gasteiger partial charge in [-0.25, -0.2) is 4.39 Å². The summed E-state index contributed by atoms with van der Waals surface area (Å²) in [6, 6.07) is 4.78. The predicted molar refractivity (Wildman–Crippen MR) is 83.2 cm³/mol. The van der Waals surface area contributed by atoms with E-state index in [0.717, 1.165) is 26.2 Å². The number of ether oxygens (including phenoxy) is 1. The molecule has 4 nitrogen and oxygen atoms in total. The molecule has 0 radical (unpaired) electrons. The van der Waals surface area contributed by atoms with Gasteiger partial charge in [0.05, 0.1) is 19.3 Å². The van der Waals surface area contributed by atoms with Gasteiger partial charge in [0.2, 0.25) is 0 Å². The van der Waals surface area contributed by atoms with Crippen LogP contribution in [0.4, 0.5) is 4.39 Å². The molecule has 1 aromatic carbocycles. The first-order valence-electron chi connectivity index (χ1n) is 7.43. The Bertz CT molecular complexity index is 438. The van der Waals surface area contributed by atoms with E-state index in [9.17, 15) is 9.50 Å². The van der Waals surface area contributed by atoms with Crippen LogP contribution in [0.1, 0.15) is 26.3 Å². The van der Waals surface area contributed by atoms with Gasteiger partial charge in [0.15, 0.2) is 11.6 Å². The molecule has 1 aromatic rings. The van der Waals surface area contributed by atoms with Crippen LogP contribution in [0.15, 0.2) is 18.2 Å². The van der Waals surface area contributed by atoms with Crippen LogP contribution < -0.4 is 10.1 Å². The second kappa shape index (κ2) is 8.32. The summed E-state index contributed by atoms with van der Waals surface area (Å²) in [7, 11) is 1.44. The quantitative estimate of drug-likeness (QED) is 0.732. The van der Waals surface area contributed by atoms with Gasteiger partial charge < -0.3 is 20.1 Å². The van der Waals surface area contributed by atoms with Crippen molar-refractivity contribution >= 4 is 0 Å². The fourth-order valence-electron chi connectivity index (χ4n) is 2.29. The smallest absolute Gasteiger partial charge is 0.165 e. The van der Waals surface area contributed by atoms with Gasteiger partial charge in [0.25, 0.3) is 0 Å². The number of methoxy groups -OCH3 is 1. The van der Waals surface area contributed by atoms with Crippen LogP contribution >= 0.6 is 0 Å². The molecule has 0 aliphatic rings. The van der Waals surface area contributed by atoms with Crippen LogP contribution in [0.2, 0.25) is 0 Å². The minimum absolute atomic E-state index is 0.100. The number of likely N-dealkylation sites (N-methyl/N-ethyl adjacent to an activating group) is 1. The topological polar surface area (TPSA) is 44.7 Å². The van der Waals surface area contributed by atoms with Crippen LogP contribution in [0.3, 0.4) is 0 Å². The van der Waals surface area contributed by atoms with E-state index in [1.54, 1.807) is 12.1 Å². The SMILES string of the molecule is CCN(CC)CCNC(C)(CO)c1ccc(OC)c(F)c1. The van der Waals surface area contributed by atoms with E-state index in [0.29, 0.717) is 5.56 Å². The van der Waals surface area contributed by atoms with Crippen molar-refractivity contribution in [2.75, 3.05) is 39.9 Å². The maximum atomic E-state index is 13.8. The Kier molecular flexibility index (Phi) is 7.08. The molecule has 1 unspecified atom stereocenters. The standard InChI is InChI=1S/C16H27FN2O2/c1-5-19(6-2)10-9-18-16(3,12-20)13-7-8-15(21-4)14(17)11-13/h7-8,11,18,20H,5-6,9-10,12H2,1-4H3. The van der Waals surface area contributed by atoms with Crippen molar-refractivity contribution in [3.63, 3.8) is 0 Å². The van der Waals surface area contributed by atoms with E-state index in [4.69, 9.17) is 4.74 Å². The van der Waals surface area contributed by atoms with Gasteiger partial charge in [-0.15, -0.1) is 0 Å². The fraction of sp³-hybridized carbons (Fsp3) is 0.625. The Balaban J connectivity index is 2.77. The summed E-state index contributed by atoms with van der Waals surface area (Å²) in [5.41, 5.74) is 0.0446. The largest absolute Gasteiger partial charge is 0.494 e. The lowest BCUT2D eigenvalue weighted by molar-refractivity contribution is 0.168. The number of hydrogen-bond acceptors (Lipinski definition) is 4. The average Bonchev–Trinajstić information content (AvgIpc) is 2.51. The Morgan fingerprint density at radius 2 is 2.00 bits per heavy atom. The summed E-state index contributed by atoms with van der Waals surface area (Å²) in [4.78, 5) is 2.29. The number of benzene rings is 1. The van der Waals surface area contributed by atoms with Crippen molar-refractivity contribution in [3.05, 3.63) is 29.6 Å². The van der Waals surface area contributed by atoms with Crippen molar-refractivity contribution < 1.29 is 14.2 Å². The van der Waals surface area contributed by atoms with Gasteiger partial charge in [-0.2, -0.15) is 0 Å². The lowest BCUT2D eigenvalue weighted by atomic mass is 9.92. The van der Waals surface area contributed by atoms with E-state index in [1.807, 2.05) is 6.92 Å². The van der Waals surface area contributed by atoms with Crippen molar-refractivity contribution in [3.8, 4) is 5.75 Å². The van der Waals surface area contributed by atoms with E-state index < -0.39 is 11.4 Å². The number of rotatable bonds is 9. The summed E-state index contributed by atoms with van der Waals surface area (Å²) < 4.78 is 18.8. The molecule has 2 N–H and O–H groups in total. The van der Waals surface area contributed by atoms with Crippen LogP contribution in [-0.4, -0.2) is 49.9 Å². The summed E-state index contributed by atoms with van der Waals surface area (Å²) in [5.74, 6) is -0.206. The molecule has 0 aliphatic heterocycles. The highest BCUT2D eigenvalue weighted by Gasteiger charge is 2.26. The zero-order valence-electron chi connectivity index (χ0n) is 13.4. The lowest BCUT2D eigenvalue weighted by Crippen LogP contribution is -2.46. The van der Waals surface area contributed by atoms with Crippen LogP contribution in [-0.2, 0) is 5.54 Å². The molecule has 0 aromatic heterocycles. The third-order valence-corrected chi connectivity index (χ3v) is 3.94. The first-order chi connectivity index (χ1) is 10.0. The summed E-state index contributed by atoms with van der Waals surface area (Å²) in [6.45, 7) is 9.61. The first-order valence-corrected chi connectivity index (χ1v) is 7.43. The van der Waals surface area contributed by atoms with Crippen LogP contribution in [0.5, 0.6) is 5.75 Å². The predicted octanol–water partition coefficient (Wildman–Crippen LogP) is 1.97. The zero-order valence-corrected chi connectivity index (χ0v) is 13.4. The molecule has 1 atom stereocenters. The van der Waals surface area contributed by atoms with E-state index >= 15 is 0 Å². The molecule has 0 heterocycles. The molecule has 0 fully saturated rings. The second-order valence-electron chi connectivity index (χ2n) is 5.29. The molecule has 0 saturated carbocycles. The molecule has 21 heavy (non-hydrogen) atoms. The first kappa shape index (κ1) is 17.9. The number of halogens is 1. The van der Waals surface area contributed by atoms with Gasteiger partial charge in [-0.3, -0.25) is 0 Å². The maximum Gasteiger partial charge on any atom is 0.165 e. The summed E-state index contributed by atoms with van der Waals surface area (Å²) in [6.07, 6.45) is 0. The van der Waals surface area contributed by atoms with E-state index in [-0.39, 0.29) is 12.4 Å². The van der Waals surface area contributed by atoms with Crippen molar-refractivity contribution in [2.45, 2.75) is 26.3 Å². The number of nitrogens with zero attached hydrogens (tertiary/aromatic N) is 1. The monoisotopic (exact) mass is 298 g/mol. The minimum atomic E-state index is -0.666. The van der Waals surface area contributed by atoms with Gasteiger partial charge >= 0.3 is 0 Å². The maximum absolute atomic E-state index is 13.8. The highest BCUT2D eigenvalue weighted by atomic mass is 19.1. The van der Waals surface area contributed by atoms with E-state index in [2.05, 4.69) is 24.1 Å². The number of nitrogens with one attached hydrogen (secondary N) is 1. The molecule has 120 valence electrons. The Morgan fingerprint density at radius 3 is 2.48 bits per heavy atom. The molecular weight excluding hydrogens is 271 g/mol. The number of aliphatic hydroxyl groups is 1. The summed E-state index contributed by atoms with van der Waals surface area (Å²) in [5, 5.41) is 13.0. The highest BCUT2D eigenvalue weighted by Crippen LogP contribution is 2.25. The molecular formula is C16H27FN2O2. The molecule has 0 amide bonds. The molecule has 0 bridgehead atoms. The molecule has 0 spiro atoms. The molecule has 1 rings (SSSR count). The Morgan fingerprint density at radius 1 is 1.33 bits per heavy atom. The molecule has 5 heteroatoms. The van der Waals surface area contributed by atoms with Crippen molar-refractivity contribution in [2.24, 2.45) is 0 Å². The van der Waals surface area contributed by atoms with Crippen LogP contribution in [0, 0.1) is 5.82 Å². The van der Waals surface area contributed by atoms with Gasteiger partial charge in [-0.1, -0.05) is 19.9 Å². The molecule has 0 saturated heterocycles. The third-order valence-electron chi connectivity index (χ3n) is 3.94. The minimum Gasteiger partial charge on any atom is -0.494 e. The van der Waals surface area contributed by atoms with Crippen LogP contribution in [0.25, 0.3) is 0 Å². The van der Waals surface area contributed by atoms with Crippen molar-refractivity contribution in [1.82, 2.24) is 10.2 Å². The average molecular weight is 298 g/mol. The number of hydrogen-bond donors (Lipinski definition) is 2. The lowest BCUT2D eigenvalue weighted by Gasteiger charge is -2.31. The fourth-order valence-corrected chi connectivity index (χ4v) is 2.29. The van der Waals surface area contributed by atoms with Gasteiger partial charge in [-0.05, 0) is 37.7 Å². The Labute approximate surface area is 126 Å². The molecule has 0 aliphatic carbocycles. The van der Waals surface area contributed by atoms with Crippen molar-refractivity contribution in [1.29, 1.82) is 0 Å².